The molecule has 0 bridgehead atoms. The lowest BCUT2D eigenvalue weighted by molar-refractivity contribution is 0.604. The van der Waals surface area contributed by atoms with Crippen molar-refractivity contribution in [3.05, 3.63) is 18.8 Å². The molecule has 1 radical (unpaired) electrons. The van der Waals surface area contributed by atoms with Crippen LogP contribution in [0.15, 0.2) is 12.2 Å². The maximum absolute atomic E-state index is 11.1. The van der Waals surface area contributed by atoms with Gasteiger partial charge in [-0.15, -0.1) is 0 Å². The molecule has 0 aromatic heterocycles. The molecule has 0 unspecified atom stereocenters. The van der Waals surface area contributed by atoms with Crippen LogP contribution < -0.4 is 0 Å². The molecular weight excluding hydrogens is 91.1 g/mol. The van der Waals surface area contributed by atoms with Crippen molar-refractivity contribution in [2.75, 3.05) is 0 Å². The van der Waals surface area contributed by atoms with Gasteiger partial charge in [-0.3, -0.25) is 0 Å². The van der Waals surface area contributed by atoms with Crippen molar-refractivity contribution >= 4 is 0 Å². The number of rotatable bonds is 3. The van der Waals surface area contributed by atoms with E-state index in [4.69, 9.17) is 0 Å². The molecule has 0 aliphatic rings. The van der Waals surface area contributed by atoms with E-state index in [2.05, 4.69) is 0 Å². The van der Waals surface area contributed by atoms with Crippen LogP contribution in [-0.4, -0.2) is 0 Å². The molecule has 0 nitrogen and oxygen atoms in total. The Hall–Kier alpha value is -0.330. The standard InChI is InChI=1S/C6H10F/c1-2-3-4-5-6-7/h3-4,6H,2,5H2,1H3. The van der Waals surface area contributed by atoms with Crippen LogP contribution >= 0.6 is 0 Å². The van der Waals surface area contributed by atoms with Crippen molar-refractivity contribution in [3.8, 4) is 0 Å². The summed E-state index contributed by atoms with van der Waals surface area (Å²) >= 11 is 0. The lowest BCUT2D eigenvalue weighted by Crippen LogP contribution is -1.58. The monoisotopic (exact) mass is 101 g/mol. The zero-order chi connectivity index (χ0) is 5.54. The highest BCUT2D eigenvalue weighted by atomic mass is 19.1. The zero-order valence-electron chi connectivity index (χ0n) is 4.52. The molecule has 0 spiro atoms. The quantitative estimate of drug-likeness (QED) is 0.479. The summed E-state index contributed by atoms with van der Waals surface area (Å²) in [4.78, 5) is 0. The lowest BCUT2D eigenvalue weighted by atomic mass is 10.3. The Kier molecular flexibility index (Phi) is 5.40. The summed E-state index contributed by atoms with van der Waals surface area (Å²) in [6, 6.07) is 0. The van der Waals surface area contributed by atoms with Crippen LogP contribution in [0.3, 0.4) is 0 Å². The molecule has 0 saturated heterocycles. The van der Waals surface area contributed by atoms with Gasteiger partial charge >= 0.3 is 0 Å². The molecular formula is C6H10F. The second kappa shape index (κ2) is 5.67. The molecule has 0 atom stereocenters. The highest BCUT2D eigenvalue weighted by Crippen LogP contribution is 1.89. The Balaban J connectivity index is 2.78. The summed E-state index contributed by atoms with van der Waals surface area (Å²) in [5, 5.41) is 0. The van der Waals surface area contributed by atoms with Crippen LogP contribution in [0.5, 0.6) is 0 Å². The predicted octanol–water partition coefficient (Wildman–Crippen LogP) is 2.47. The van der Waals surface area contributed by atoms with Gasteiger partial charge < -0.3 is 0 Å². The van der Waals surface area contributed by atoms with Gasteiger partial charge in [0.25, 0.3) is 0 Å². The first-order chi connectivity index (χ1) is 3.41. The smallest absolute Gasteiger partial charge is 0.135 e. The first-order valence-corrected chi connectivity index (χ1v) is 2.48. The summed E-state index contributed by atoms with van der Waals surface area (Å²) in [5.41, 5.74) is 0. The fraction of sp³-hybridized carbons (Fsp3) is 0.500. The number of hydrogen-bond donors (Lipinski definition) is 0. The summed E-state index contributed by atoms with van der Waals surface area (Å²) in [5.74, 6) is 0. The predicted molar refractivity (Wildman–Crippen MR) is 29.5 cm³/mol. The zero-order valence-corrected chi connectivity index (χ0v) is 4.52. The molecule has 0 aromatic rings. The average Bonchev–Trinajstić information content (AvgIpc) is 1.69. The van der Waals surface area contributed by atoms with E-state index >= 15 is 0 Å². The third kappa shape index (κ3) is 5.67. The molecule has 0 rings (SSSR count). The topological polar surface area (TPSA) is 0 Å². The highest BCUT2D eigenvalue weighted by Gasteiger charge is 1.72. The number of hydrogen-bond acceptors (Lipinski definition) is 0. The summed E-state index contributed by atoms with van der Waals surface area (Å²) < 4.78 is 11.1. The lowest BCUT2D eigenvalue weighted by Gasteiger charge is -1.76. The van der Waals surface area contributed by atoms with E-state index < -0.39 is 0 Å². The highest BCUT2D eigenvalue weighted by molar-refractivity contribution is 4.82. The van der Waals surface area contributed by atoms with Crippen LogP contribution in [0.2, 0.25) is 0 Å². The molecule has 1 heteroatoms. The van der Waals surface area contributed by atoms with E-state index in [1.807, 2.05) is 13.0 Å². The van der Waals surface area contributed by atoms with Crippen LogP contribution in [0.4, 0.5) is 4.39 Å². The van der Waals surface area contributed by atoms with Gasteiger partial charge in [0.1, 0.15) is 6.67 Å². The van der Waals surface area contributed by atoms with Gasteiger partial charge in [0.05, 0.1) is 0 Å². The maximum atomic E-state index is 11.1. The molecule has 0 aliphatic carbocycles. The number of halogens is 1. The van der Waals surface area contributed by atoms with E-state index in [0.717, 1.165) is 6.42 Å². The van der Waals surface area contributed by atoms with E-state index in [9.17, 15) is 4.39 Å². The Morgan fingerprint density at radius 3 is 2.57 bits per heavy atom. The average molecular weight is 101 g/mol. The van der Waals surface area contributed by atoms with Gasteiger partial charge in [-0.05, 0) is 12.8 Å². The van der Waals surface area contributed by atoms with Crippen molar-refractivity contribution in [1.29, 1.82) is 0 Å². The SMILES string of the molecule is CCC=CC[CH]F. The van der Waals surface area contributed by atoms with Gasteiger partial charge in [0, 0.05) is 0 Å². The fourth-order valence-electron chi connectivity index (χ4n) is 0.314. The summed E-state index contributed by atoms with van der Waals surface area (Å²) in [6.07, 6.45) is 5.19. The summed E-state index contributed by atoms with van der Waals surface area (Å²) in [6.45, 7) is 2.67. The van der Waals surface area contributed by atoms with Crippen molar-refractivity contribution in [2.24, 2.45) is 0 Å². The van der Waals surface area contributed by atoms with Gasteiger partial charge in [-0.1, -0.05) is 19.1 Å². The molecule has 41 valence electrons. The molecule has 0 aromatic carbocycles. The van der Waals surface area contributed by atoms with Gasteiger partial charge in [-0.25, -0.2) is 4.39 Å². The van der Waals surface area contributed by atoms with Gasteiger partial charge in [0.2, 0.25) is 0 Å². The number of allylic oxidation sites excluding steroid dienone is 2. The minimum absolute atomic E-state index is 0.452. The Morgan fingerprint density at radius 2 is 2.14 bits per heavy atom. The second-order valence-electron chi connectivity index (χ2n) is 1.27. The molecule has 0 saturated carbocycles. The van der Waals surface area contributed by atoms with E-state index in [1.54, 1.807) is 6.08 Å². The van der Waals surface area contributed by atoms with Crippen molar-refractivity contribution in [1.82, 2.24) is 0 Å². The van der Waals surface area contributed by atoms with Crippen molar-refractivity contribution in [2.45, 2.75) is 19.8 Å². The van der Waals surface area contributed by atoms with Crippen LogP contribution in [-0.2, 0) is 0 Å². The molecule has 0 heterocycles. The Morgan fingerprint density at radius 1 is 1.43 bits per heavy atom. The molecule has 0 N–H and O–H groups in total. The molecule has 0 aliphatic heterocycles. The first-order valence-electron chi connectivity index (χ1n) is 2.48. The van der Waals surface area contributed by atoms with Crippen LogP contribution in [0.25, 0.3) is 0 Å². The minimum atomic E-state index is 0.452. The van der Waals surface area contributed by atoms with Crippen LogP contribution in [0, 0.1) is 6.67 Å². The minimum Gasteiger partial charge on any atom is -0.244 e. The first kappa shape index (κ1) is 6.67. The second-order valence-corrected chi connectivity index (χ2v) is 1.27. The van der Waals surface area contributed by atoms with Gasteiger partial charge in [0.15, 0.2) is 0 Å². The Bertz CT molecular complexity index is 48.1. The Labute approximate surface area is 44.0 Å². The van der Waals surface area contributed by atoms with E-state index in [-0.39, 0.29) is 0 Å². The normalized spacial score (nSPS) is 10.6. The fourth-order valence-corrected chi connectivity index (χ4v) is 0.314. The van der Waals surface area contributed by atoms with Crippen molar-refractivity contribution < 1.29 is 4.39 Å². The summed E-state index contributed by atoms with van der Waals surface area (Å²) in [7, 11) is 0. The molecule has 7 heavy (non-hydrogen) atoms. The van der Waals surface area contributed by atoms with Gasteiger partial charge in [-0.2, -0.15) is 0 Å². The van der Waals surface area contributed by atoms with Crippen LogP contribution in [0.1, 0.15) is 19.8 Å². The molecule has 0 fully saturated rings. The van der Waals surface area contributed by atoms with E-state index in [1.165, 1.54) is 0 Å². The molecule has 0 amide bonds. The largest absolute Gasteiger partial charge is 0.244 e. The third-order valence-corrected chi connectivity index (χ3v) is 0.628. The maximum Gasteiger partial charge on any atom is 0.135 e. The van der Waals surface area contributed by atoms with E-state index in [0.29, 0.717) is 13.1 Å². The van der Waals surface area contributed by atoms with Crippen molar-refractivity contribution in [3.63, 3.8) is 0 Å². The third-order valence-electron chi connectivity index (χ3n) is 0.628.